The molecular formula is C17H21BrN2. The molecular weight excluding hydrogens is 312 g/mol. The first-order chi connectivity index (χ1) is 9.74. The zero-order chi connectivity index (χ0) is 14.4. The summed E-state index contributed by atoms with van der Waals surface area (Å²) >= 11 is 3.61. The molecule has 2 nitrogen and oxygen atoms in total. The zero-order valence-electron chi connectivity index (χ0n) is 11.8. The van der Waals surface area contributed by atoms with Crippen LogP contribution in [-0.4, -0.2) is 6.54 Å². The van der Waals surface area contributed by atoms with E-state index >= 15 is 0 Å². The van der Waals surface area contributed by atoms with E-state index < -0.39 is 0 Å². The van der Waals surface area contributed by atoms with Crippen molar-refractivity contribution >= 4 is 21.6 Å². The van der Waals surface area contributed by atoms with Crippen molar-refractivity contribution in [2.45, 2.75) is 26.4 Å². The van der Waals surface area contributed by atoms with Crippen LogP contribution in [0, 0.1) is 0 Å². The third-order valence-corrected chi connectivity index (χ3v) is 4.07. The highest BCUT2D eigenvalue weighted by Gasteiger charge is 2.08. The molecule has 106 valence electrons. The van der Waals surface area contributed by atoms with Crippen LogP contribution >= 0.6 is 15.9 Å². The van der Waals surface area contributed by atoms with Crippen molar-refractivity contribution in [1.82, 2.24) is 0 Å². The van der Waals surface area contributed by atoms with Crippen molar-refractivity contribution in [1.29, 1.82) is 0 Å². The van der Waals surface area contributed by atoms with Crippen LogP contribution in [0.25, 0.3) is 0 Å². The van der Waals surface area contributed by atoms with Gasteiger partial charge in [-0.25, -0.2) is 0 Å². The van der Waals surface area contributed by atoms with Crippen LogP contribution in [0.3, 0.4) is 0 Å². The molecule has 0 aliphatic rings. The third-order valence-electron chi connectivity index (χ3n) is 3.33. The van der Waals surface area contributed by atoms with Crippen LogP contribution < -0.4 is 10.6 Å². The van der Waals surface area contributed by atoms with E-state index in [2.05, 4.69) is 76.3 Å². The molecule has 0 unspecified atom stereocenters. The topological polar surface area (TPSA) is 29.3 Å². The summed E-state index contributed by atoms with van der Waals surface area (Å²) in [7, 11) is 0. The maximum Gasteiger partial charge on any atom is 0.0429 e. The smallest absolute Gasteiger partial charge is 0.0429 e. The van der Waals surface area contributed by atoms with E-state index in [1.54, 1.807) is 0 Å². The SMILES string of the molecule is CCCN(Cc1ccccc1)c1ccc(CN)c(Br)c1. The Kier molecular flexibility index (Phi) is 5.62. The Morgan fingerprint density at radius 2 is 1.85 bits per heavy atom. The number of benzene rings is 2. The fourth-order valence-corrected chi connectivity index (χ4v) is 2.80. The lowest BCUT2D eigenvalue weighted by molar-refractivity contribution is 0.767. The first kappa shape index (κ1) is 15.1. The monoisotopic (exact) mass is 332 g/mol. The maximum absolute atomic E-state index is 5.72. The Bertz CT molecular complexity index is 540. The van der Waals surface area contributed by atoms with E-state index in [-0.39, 0.29) is 0 Å². The molecule has 0 heterocycles. The summed E-state index contributed by atoms with van der Waals surface area (Å²) in [6.45, 7) is 4.75. The van der Waals surface area contributed by atoms with Gasteiger partial charge < -0.3 is 10.6 Å². The molecule has 0 aliphatic carbocycles. The van der Waals surface area contributed by atoms with Gasteiger partial charge in [0, 0.05) is 29.8 Å². The molecule has 0 fully saturated rings. The van der Waals surface area contributed by atoms with E-state index in [0.29, 0.717) is 6.54 Å². The van der Waals surface area contributed by atoms with Crippen LogP contribution in [0.4, 0.5) is 5.69 Å². The predicted molar refractivity (Wildman–Crippen MR) is 89.8 cm³/mol. The minimum absolute atomic E-state index is 0.563. The standard InChI is InChI=1S/C17H21BrN2/c1-2-10-20(13-14-6-4-3-5-7-14)16-9-8-15(12-19)17(18)11-16/h3-9,11H,2,10,12-13,19H2,1H3. The summed E-state index contributed by atoms with van der Waals surface area (Å²) < 4.78 is 1.09. The third kappa shape index (κ3) is 3.84. The van der Waals surface area contributed by atoms with E-state index in [9.17, 15) is 0 Å². The van der Waals surface area contributed by atoms with Gasteiger partial charge in [-0.05, 0) is 29.7 Å². The lowest BCUT2D eigenvalue weighted by Crippen LogP contribution is -2.23. The Morgan fingerprint density at radius 3 is 2.45 bits per heavy atom. The Labute approximate surface area is 129 Å². The largest absolute Gasteiger partial charge is 0.367 e. The number of nitrogens with two attached hydrogens (primary N) is 1. The molecule has 2 N–H and O–H groups in total. The summed E-state index contributed by atoms with van der Waals surface area (Å²) in [4.78, 5) is 2.40. The molecule has 0 amide bonds. The van der Waals surface area contributed by atoms with E-state index in [1.165, 1.54) is 11.3 Å². The second-order valence-electron chi connectivity index (χ2n) is 4.89. The van der Waals surface area contributed by atoms with Gasteiger partial charge in [0.2, 0.25) is 0 Å². The number of rotatable bonds is 6. The Morgan fingerprint density at radius 1 is 1.10 bits per heavy atom. The molecule has 2 rings (SSSR count). The molecule has 0 radical (unpaired) electrons. The summed E-state index contributed by atoms with van der Waals surface area (Å²) in [5.74, 6) is 0. The van der Waals surface area contributed by atoms with Crippen LogP contribution in [0.1, 0.15) is 24.5 Å². The Balaban J connectivity index is 2.22. The number of halogens is 1. The molecule has 0 aliphatic heterocycles. The average molecular weight is 333 g/mol. The first-order valence-corrected chi connectivity index (χ1v) is 7.81. The molecule has 0 saturated heterocycles. The zero-order valence-corrected chi connectivity index (χ0v) is 13.4. The lowest BCUT2D eigenvalue weighted by Gasteiger charge is -2.25. The molecule has 2 aromatic rings. The molecule has 0 atom stereocenters. The molecule has 0 spiro atoms. The quantitative estimate of drug-likeness (QED) is 0.853. The van der Waals surface area contributed by atoms with E-state index in [4.69, 9.17) is 5.73 Å². The van der Waals surface area contributed by atoms with Crippen molar-refractivity contribution in [3.8, 4) is 0 Å². The van der Waals surface area contributed by atoms with Crippen LogP contribution in [-0.2, 0) is 13.1 Å². The van der Waals surface area contributed by atoms with Gasteiger partial charge in [-0.2, -0.15) is 0 Å². The molecule has 0 aromatic heterocycles. The predicted octanol–water partition coefficient (Wildman–Crippen LogP) is 4.32. The molecule has 2 aromatic carbocycles. The van der Waals surface area contributed by atoms with E-state index in [0.717, 1.165) is 29.5 Å². The summed E-state index contributed by atoms with van der Waals surface area (Å²) in [6, 6.07) is 17.0. The molecule has 0 bridgehead atoms. The number of hydrogen-bond donors (Lipinski definition) is 1. The van der Waals surface area contributed by atoms with Gasteiger partial charge in [0.15, 0.2) is 0 Å². The second kappa shape index (κ2) is 7.46. The van der Waals surface area contributed by atoms with Crippen molar-refractivity contribution in [3.63, 3.8) is 0 Å². The van der Waals surface area contributed by atoms with Gasteiger partial charge in [0.05, 0.1) is 0 Å². The normalized spacial score (nSPS) is 10.6. The van der Waals surface area contributed by atoms with Gasteiger partial charge in [0.1, 0.15) is 0 Å². The summed E-state index contributed by atoms with van der Waals surface area (Å²) in [5.41, 5.74) is 9.43. The van der Waals surface area contributed by atoms with Gasteiger partial charge in [-0.3, -0.25) is 0 Å². The van der Waals surface area contributed by atoms with Crippen molar-refractivity contribution in [3.05, 3.63) is 64.1 Å². The highest BCUT2D eigenvalue weighted by molar-refractivity contribution is 9.10. The number of nitrogens with zero attached hydrogens (tertiary/aromatic N) is 1. The average Bonchev–Trinajstić information content (AvgIpc) is 2.48. The lowest BCUT2D eigenvalue weighted by atomic mass is 10.1. The van der Waals surface area contributed by atoms with Crippen LogP contribution in [0.2, 0.25) is 0 Å². The van der Waals surface area contributed by atoms with Gasteiger partial charge >= 0.3 is 0 Å². The van der Waals surface area contributed by atoms with Crippen molar-refractivity contribution in [2.75, 3.05) is 11.4 Å². The fourth-order valence-electron chi connectivity index (χ4n) is 2.27. The van der Waals surface area contributed by atoms with Crippen molar-refractivity contribution in [2.24, 2.45) is 5.73 Å². The minimum atomic E-state index is 0.563. The minimum Gasteiger partial charge on any atom is -0.367 e. The fraction of sp³-hybridized carbons (Fsp3) is 0.294. The summed E-state index contributed by atoms with van der Waals surface area (Å²) in [5, 5.41) is 0. The highest BCUT2D eigenvalue weighted by Crippen LogP contribution is 2.25. The highest BCUT2D eigenvalue weighted by atomic mass is 79.9. The number of anilines is 1. The van der Waals surface area contributed by atoms with Gasteiger partial charge in [-0.15, -0.1) is 0 Å². The molecule has 3 heteroatoms. The van der Waals surface area contributed by atoms with E-state index in [1.807, 2.05) is 0 Å². The second-order valence-corrected chi connectivity index (χ2v) is 5.74. The van der Waals surface area contributed by atoms with Gasteiger partial charge in [-0.1, -0.05) is 59.3 Å². The molecule has 0 saturated carbocycles. The Hall–Kier alpha value is -1.32. The van der Waals surface area contributed by atoms with Crippen LogP contribution in [0.15, 0.2) is 53.0 Å². The molecule has 20 heavy (non-hydrogen) atoms. The first-order valence-electron chi connectivity index (χ1n) is 7.02. The summed E-state index contributed by atoms with van der Waals surface area (Å²) in [6.07, 6.45) is 1.13. The van der Waals surface area contributed by atoms with Crippen molar-refractivity contribution < 1.29 is 0 Å². The van der Waals surface area contributed by atoms with Gasteiger partial charge in [0.25, 0.3) is 0 Å². The number of hydrogen-bond acceptors (Lipinski definition) is 2. The van der Waals surface area contributed by atoms with Crippen LogP contribution in [0.5, 0.6) is 0 Å². The maximum atomic E-state index is 5.72.